The minimum absolute atomic E-state index is 0.0184. The van der Waals surface area contributed by atoms with Gasteiger partial charge in [-0.3, -0.25) is 4.79 Å². The molecule has 0 bridgehead atoms. The maximum Gasteiger partial charge on any atom is 0.252 e. The first-order valence-corrected chi connectivity index (χ1v) is 7.17. The zero-order valence-corrected chi connectivity index (χ0v) is 11.8. The van der Waals surface area contributed by atoms with E-state index in [0.717, 1.165) is 24.8 Å². The van der Waals surface area contributed by atoms with Gasteiger partial charge < -0.3 is 10.6 Å². The highest BCUT2D eigenvalue weighted by atomic mass is 16.1. The van der Waals surface area contributed by atoms with Crippen LogP contribution in [0.4, 0.5) is 5.82 Å². The van der Waals surface area contributed by atoms with Crippen molar-refractivity contribution in [1.82, 2.24) is 10.3 Å². The van der Waals surface area contributed by atoms with Gasteiger partial charge >= 0.3 is 0 Å². The van der Waals surface area contributed by atoms with Gasteiger partial charge in [0.1, 0.15) is 5.82 Å². The molecule has 1 amide bonds. The molecule has 19 heavy (non-hydrogen) atoms. The molecule has 1 aromatic heterocycles. The second-order valence-electron chi connectivity index (χ2n) is 5.46. The number of aromatic nitrogens is 1. The molecular weight excluding hydrogens is 238 g/mol. The van der Waals surface area contributed by atoms with Crippen LogP contribution >= 0.6 is 0 Å². The molecule has 1 aromatic rings. The van der Waals surface area contributed by atoms with Gasteiger partial charge in [-0.2, -0.15) is 0 Å². The lowest BCUT2D eigenvalue weighted by Gasteiger charge is -2.11. The van der Waals surface area contributed by atoms with Crippen molar-refractivity contribution in [1.29, 1.82) is 0 Å². The monoisotopic (exact) mass is 261 g/mol. The van der Waals surface area contributed by atoms with Crippen molar-refractivity contribution in [3.63, 3.8) is 0 Å². The van der Waals surface area contributed by atoms with Crippen LogP contribution < -0.4 is 10.6 Å². The van der Waals surface area contributed by atoms with E-state index in [1.165, 1.54) is 19.3 Å². The van der Waals surface area contributed by atoms with Crippen molar-refractivity contribution >= 4 is 11.7 Å². The number of rotatable bonds is 5. The van der Waals surface area contributed by atoms with Gasteiger partial charge in [0.25, 0.3) is 5.91 Å². The van der Waals surface area contributed by atoms with E-state index in [-0.39, 0.29) is 5.91 Å². The average molecular weight is 261 g/mol. The van der Waals surface area contributed by atoms with Gasteiger partial charge in [-0.1, -0.05) is 13.3 Å². The number of carbonyl (C=O) groups is 1. The number of hydrogen-bond donors (Lipinski definition) is 2. The summed E-state index contributed by atoms with van der Waals surface area (Å²) in [6.45, 7) is 5.92. The summed E-state index contributed by atoms with van der Waals surface area (Å²) in [4.78, 5) is 16.2. The van der Waals surface area contributed by atoms with Crippen molar-refractivity contribution < 1.29 is 4.79 Å². The van der Waals surface area contributed by atoms with Crippen molar-refractivity contribution in [3.05, 3.63) is 23.9 Å². The second-order valence-corrected chi connectivity index (χ2v) is 5.46. The number of amides is 1. The Balaban J connectivity index is 1.82. The first-order valence-electron chi connectivity index (χ1n) is 7.17. The highest BCUT2D eigenvalue weighted by molar-refractivity contribution is 5.94. The van der Waals surface area contributed by atoms with Crippen molar-refractivity contribution in [2.24, 2.45) is 11.8 Å². The zero-order chi connectivity index (χ0) is 13.7. The number of nitrogens with zero attached hydrogens (tertiary/aromatic N) is 1. The first kappa shape index (κ1) is 13.8. The maximum atomic E-state index is 12.0. The van der Waals surface area contributed by atoms with Gasteiger partial charge in [-0.05, 0) is 43.7 Å². The van der Waals surface area contributed by atoms with Gasteiger partial charge in [0.05, 0.1) is 5.56 Å². The lowest BCUT2D eigenvalue weighted by molar-refractivity contribution is 0.0947. The van der Waals surface area contributed by atoms with E-state index in [1.807, 2.05) is 19.1 Å². The Morgan fingerprint density at radius 1 is 1.42 bits per heavy atom. The molecule has 1 heterocycles. The van der Waals surface area contributed by atoms with Crippen LogP contribution in [0.2, 0.25) is 0 Å². The number of hydrogen-bond acceptors (Lipinski definition) is 3. The molecule has 0 saturated heterocycles. The van der Waals surface area contributed by atoms with Crippen LogP contribution in [0.1, 0.15) is 43.5 Å². The van der Waals surface area contributed by atoms with E-state index in [9.17, 15) is 4.79 Å². The molecular formula is C15H23N3O. The molecule has 4 heteroatoms. The molecule has 0 aromatic carbocycles. The van der Waals surface area contributed by atoms with Crippen LogP contribution in [0.15, 0.2) is 18.3 Å². The molecule has 0 aliphatic heterocycles. The summed E-state index contributed by atoms with van der Waals surface area (Å²) in [5.74, 6) is 2.25. The minimum atomic E-state index is -0.0184. The molecule has 2 unspecified atom stereocenters. The Morgan fingerprint density at radius 3 is 2.84 bits per heavy atom. The van der Waals surface area contributed by atoms with E-state index in [2.05, 4.69) is 22.5 Å². The number of anilines is 1. The van der Waals surface area contributed by atoms with Crippen LogP contribution in [-0.4, -0.2) is 24.0 Å². The number of carbonyl (C=O) groups excluding carboxylic acids is 1. The number of pyridine rings is 1. The van der Waals surface area contributed by atoms with Crippen LogP contribution in [-0.2, 0) is 0 Å². The Hall–Kier alpha value is -1.58. The molecule has 1 aliphatic carbocycles. The predicted molar refractivity (Wildman–Crippen MR) is 77.2 cm³/mol. The molecule has 0 radical (unpaired) electrons. The van der Waals surface area contributed by atoms with Gasteiger partial charge in [-0.15, -0.1) is 0 Å². The van der Waals surface area contributed by atoms with Crippen molar-refractivity contribution in [2.75, 3.05) is 18.4 Å². The first-order chi connectivity index (χ1) is 9.19. The molecule has 4 nitrogen and oxygen atoms in total. The highest BCUT2D eigenvalue weighted by Gasteiger charge is 2.21. The summed E-state index contributed by atoms with van der Waals surface area (Å²) < 4.78 is 0. The van der Waals surface area contributed by atoms with Crippen molar-refractivity contribution in [2.45, 2.75) is 33.1 Å². The third-order valence-corrected chi connectivity index (χ3v) is 3.74. The largest absolute Gasteiger partial charge is 0.370 e. The average Bonchev–Trinajstić information content (AvgIpc) is 2.83. The summed E-state index contributed by atoms with van der Waals surface area (Å²) in [6, 6.07) is 3.66. The Bertz CT molecular complexity index is 416. The lowest BCUT2D eigenvalue weighted by Crippen LogP contribution is -2.28. The van der Waals surface area contributed by atoms with Crippen LogP contribution in [0.5, 0.6) is 0 Å². The fraction of sp³-hybridized carbons (Fsp3) is 0.600. The highest BCUT2D eigenvalue weighted by Crippen LogP contribution is 2.29. The van der Waals surface area contributed by atoms with Crippen LogP contribution in [0.3, 0.4) is 0 Å². The fourth-order valence-electron chi connectivity index (χ4n) is 2.66. The van der Waals surface area contributed by atoms with Gasteiger partial charge in [-0.25, -0.2) is 4.98 Å². The standard InChI is InChI=1S/C15H23N3O/c1-3-16-14-7-6-13(10-17-14)15(19)18-9-12-5-4-11(2)8-12/h6-7,10-12H,3-5,8-9H2,1-2H3,(H,16,17)(H,18,19). The van der Waals surface area contributed by atoms with E-state index in [4.69, 9.17) is 0 Å². The third-order valence-electron chi connectivity index (χ3n) is 3.74. The van der Waals surface area contributed by atoms with E-state index >= 15 is 0 Å². The van der Waals surface area contributed by atoms with E-state index in [1.54, 1.807) is 6.20 Å². The van der Waals surface area contributed by atoms with Crippen LogP contribution in [0.25, 0.3) is 0 Å². The topological polar surface area (TPSA) is 54.0 Å². The fourth-order valence-corrected chi connectivity index (χ4v) is 2.66. The van der Waals surface area contributed by atoms with Crippen molar-refractivity contribution in [3.8, 4) is 0 Å². The minimum Gasteiger partial charge on any atom is -0.370 e. The number of nitrogens with one attached hydrogen (secondary N) is 2. The predicted octanol–water partition coefficient (Wildman–Crippen LogP) is 2.68. The lowest BCUT2D eigenvalue weighted by atomic mass is 10.1. The SMILES string of the molecule is CCNc1ccc(C(=O)NCC2CCC(C)C2)cn1. The summed E-state index contributed by atoms with van der Waals surface area (Å²) in [6.07, 6.45) is 5.39. The van der Waals surface area contributed by atoms with Crippen LogP contribution in [0, 0.1) is 11.8 Å². The quantitative estimate of drug-likeness (QED) is 0.857. The second kappa shape index (κ2) is 6.55. The van der Waals surface area contributed by atoms with E-state index < -0.39 is 0 Å². The summed E-state index contributed by atoms with van der Waals surface area (Å²) in [5.41, 5.74) is 0.632. The maximum absolute atomic E-state index is 12.0. The molecule has 2 rings (SSSR count). The summed E-state index contributed by atoms with van der Waals surface area (Å²) in [7, 11) is 0. The zero-order valence-electron chi connectivity index (χ0n) is 11.8. The van der Waals surface area contributed by atoms with E-state index in [0.29, 0.717) is 11.5 Å². The normalized spacial score (nSPS) is 22.2. The Morgan fingerprint density at radius 2 is 2.26 bits per heavy atom. The molecule has 1 saturated carbocycles. The molecule has 2 atom stereocenters. The summed E-state index contributed by atoms with van der Waals surface area (Å²) >= 11 is 0. The molecule has 104 valence electrons. The molecule has 2 N–H and O–H groups in total. The molecule has 1 fully saturated rings. The molecule has 1 aliphatic rings. The Labute approximate surface area is 115 Å². The van der Waals surface area contributed by atoms with Gasteiger partial charge in [0, 0.05) is 19.3 Å². The molecule has 0 spiro atoms. The third kappa shape index (κ3) is 3.94. The van der Waals surface area contributed by atoms with Gasteiger partial charge in [0.15, 0.2) is 0 Å². The summed E-state index contributed by atoms with van der Waals surface area (Å²) in [5, 5.41) is 6.13. The smallest absolute Gasteiger partial charge is 0.252 e. The van der Waals surface area contributed by atoms with Gasteiger partial charge in [0.2, 0.25) is 0 Å². The Kier molecular flexibility index (Phi) is 4.77.